The summed E-state index contributed by atoms with van der Waals surface area (Å²) in [6.07, 6.45) is 5.80. The van der Waals surface area contributed by atoms with Gasteiger partial charge in [0.2, 0.25) is 0 Å². The maximum atomic E-state index is 10.5. The number of carbonyl (C=O) groups is 1. The Labute approximate surface area is 123 Å². The number of carboxylic acids is 1. The Kier molecular flexibility index (Phi) is 4.47. The van der Waals surface area contributed by atoms with E-state index in [0.29, 0.717) is 0 Å². The molecule has 2 aromatic heterocycles. The molecule has 0 aliphatic rings. The summed E-state index contributed by atoms with van der Waals surface area (Å²) in [5.41, 5.74) is 1.66. The first-order chi connectivity index (χ1) is 10.0. The van der Waals surface area contributed by atoms with Crippen molar-refractivity contribution >= 4 is 12.0 Å². The Morgan fingerprint density at radius 2 is 2.14 bits per heavy atom. The second kappa shape index (κ2) is 6.30. The van der Waals surface area contributed by atoms with Crippen LogP contribution in [-0.2, 0) is 17.6 Å². The Hall–Kier alpha value is -2.50. The molecule has 6 heteroatoms. The standard InChI is InChI=1S/C15H18N4O2/c1-4-12-17-13(5-2)19(18-12)15-10(3)8-11(9-16-15)6-7-14(20)21/h6-9H,4-5H2,1-3H3,(H,20,21)/b7-6+. The van der Waals surface area contributed by atoms with Crippen LogP contribution in [0.4, 0.5) is 0 Å². The molecule has 0 unspecified atom stereocenters. The van der Waals surface area contributed by atoms with Crippen molar-refractivity contribution in [2.75, 3.05) is 0 Å². The number of aromatic nitrogens is 4. The Morgan fingerprint density at radius 1 is 1.38 bits per heavy atom. The summed E-state index contributed by atoms with van der Waals surface area (Å²) in [7, 11) is 0. The van der Waals surface area contributed by atoms with Gasteiger partial charge in [-0.3, -0.25) is 0 Å². The van der Waals surface area contributed by atoms with Crippen LogP contribution in [0, 0.1) is 6.92 Å². The third-order valence-electron chi connectivity index (χ3n) is 3.04. The van der Waals surface area contributed by atoms with Gasteiger partial charge in [-0.2, -0.15) is 4.68 Å². The van der Waals surface area contributed by atoms with Crippen molar-refractivity contribution < 1.29 is 9.90 Å². The molecule has 0 saturated carbocycles. The van der Waals surface area contributed by atoms with Gasteiger partial charge in [-0.1, -0.05) is 13.8 Å². The average molecular weight is 286 g/mol. The molecule has 1 N–H and O–H groups in total. The van der Waals surface area contributed by atoms with Crippen molar-refractivity contribution in [3.8, 4) is 5.82 Å². The van der Waals surface area contributed by atoms with E-state index in [1.165, 1.54) is 6.08 Å². The number of hydrogen-bond donors (Lipinski definition) is 1. The molecule has 0 fully saturated rings. The predicted octanol–water partition coefficient (Wildman–Crippen LogP) is 2.19. The van der Waals surface area contributed by atoms with Crippen molar-refractivity contribution in [2.45, 2.75) is 33.6 Å². The normalized spacial score (nSPS) is 11.2. The lowest BCUT2D eigenvalue weighted by Crippen LogP contribution is -2.07. The molecular formula is C15H18N4O2. The highest BCUT2D eigenvalue weighted by molar-refractivity contribution is 5.85. The maximum Gasteiger partial charge on any atom is 0.328 e. The quantitative estimate of drug-likeness (QED) is 0.852. The fourth-order valence-electron chi connectivity index (χ4n) is 2.01. The SMILES string of the molecule is CCc1nc(CC)n(-c2ncc(/C=C/C(=O)O)cc2C)n1. The van der Waals surface area contributed by atoms with E-state index in [-0.39, 0.29) is 0 Å². The van der Waals surface area contributed by atoms with E-state index in [4.69, 9.17) is 5.11 Å². The number of aliphatic carboxylic acids is 1. The molecule has 21 heavy (non-hydrogen) atoms. The van der Waals surface area contributed by atoms with E-state index in [1.54, 1.807) is 10.9 Å². The molecule has 0 atom stereocenters. The smallest absolute Gasteiger partial charge is 0.328 e. The van der Waals surface area contributed by atoms with Crippen LogP contribution in [0.3, 0.4) is 0 Å². The highest BCUT2D eigenvalue weighted by atomic mass is 16.4. The topological polar surface area (TPSA) is 80.9 Å². The van der Waals surface area contributed by atoms with Crippen LogP contribution in [0.15, 0.2) is 18.3 Å². The number of carboxylic acid groups (broad SMARTS) is 1. The van der Waals surface area contributed by atoms with Gasteiger partial charge >= 0.3 is 5.97 Å². The second-order valence-corrected chi connectivity index (χ2v) is 4.64. The fraction of sp³-hybridized carbons (Fsp3) is 0.333. The molecular weight excluding hydrogens is 268 g/mol. The number of nitrogens with zero attached hydrogens (tertiary/aromatic N) is 4. The molecule has 2 rings (SSSR count). The number of hydrogen-bond acceptors (Lipinski definition) is 4. The van der Waals surface area contributed by atoms with E-state index in [1.807, 2.05) is 26.8 Å². The first-order valence-electron chi connectivity index (χ1n) is 6.88. The minimum atomic E-state index is -0.978. The molecule has 0 aliphatic heterocycles. The zero-order chi connectivity index (χ0) is 15.4. The zero-order valence-electron chi connectivity index (χ0n) is 12.4. The summed E-state index contributed by atoms with van der Waals surface area (Å²) in [5.74, 6) is 1.42. The van der Waals surface area contributed by atoms with Gasteiger partial charge in [0.15, 0.2) is 11.6 Å². The molecule has 0 aliphatic carbocycles. The Bertz CT molecular complexity index is 689. The number of pyridine rings is 1. The van der Waals surface area contributed by atoms with Crippen LogP contribution in [0.25, 0.3) is 11.9 Å². The van der Waals surface area contributed by atoms with Crippen molar-refractivity contribution in [2.24, 2.45) is 0 Å². The maximum absolute atomic E-state index is 10.5. The summed E-state index contributed by atoms with van der Waals surface area (Å²) in [5, 5.41) is 13.1. The lowest BCUT2D eigenvalue weighted by atomic mass is 10.2. The van der Waals surface area contributed by atoms with Gasteiger partial charge in [0.25, 0.3) is 0 Å². The van der Waals surface area contributed by atoms with E-state index >= 15 is 0 Å². The van der Waals surface area contributed by atoms with E-state index in [0.717, 1.165) is 47.5 Å². The highest BCUT2D eigenvalue weighted by Gasteiger charge is 2.12. The van der Waals surface area contributed by atoms with Crippen LogP contribution >= 0.6 is 0 Å². The molecule has 0 amide bonds. The van der Waals surface area contributed by atoms with Gasteiger partial charge in [-0.15, -0.1) is 5.10 Å². The van der Waals surface area contributed by atoms with Crippen LogP contribution in [0.1, 0.15) is 36.6 Å². The van der Waals surface area contributed by atoms with Gasteiger partial charge in [-0.25, -0.2) is 14.8 Å². The van der Waals surface area contributed by atoms with Gasteiger partial charge in [-0.05, 0) is 30.2 Å². The van der Waals surface area contributed by atoms with Crippen LogP contribution < -0.4 is 0 Å². The summed E-state index contributed by atoms with van der Waals surface area (Å²) in [4.78, 5) is 19.4. The second-order valence-electron chi connectivity index (χ2n) is 4.64. The third-order valence-corrected chi connectivity index (χ3v) is 3.04. The van der Waals surface area contributed by atoms with Gasteiger partial charge in [0.1, 0.15) is 5.82 Å². The minimum absolute atomic E-state index is 0.728. The van der Waals surface area contributed by atoms with E-state index in [9.17, 15) is 4.79 Å². The molecule has 0 aromatic carbocycles. The van der Waals surface area contributed by atoms with Gasteiger partial charge in [0, 0.05) is 25.1 Å². The van der Waals surface area contributed by atoms with Gasteiger partial charge in [0.05, 0.1) is 0 Å². The molecule has 6 nitrogen and oxygen atoms in total. The Balaban J connectivity index is 2.41. The summed E-state index contributed by atoms with van der Waals surface area (Å²) < 4.78 is 1.76. The molecule has 0 saturated heterocycles. The molecule has 0 spiro atoms. The largest absolute Gasteiger partial charge is 0.478 e. The minimum Gasteiger partial charge on any atom is -0.478 e. The van der Waals surface area contributed by atoms with E-state index in [2.05, 4.69) is 15.1 Å². The molecule has 110 valence electrons. The molecule has 0 bridgehead atoms. The van der Waals surface area contributed by atoms with Crippen LogP contribution in [0.2, 0.25) is 0 Å². The summed E-state index contributed by atoms with van der Waals surface area (Å²) in [6, 6.07) is 1.88. The third kappa shape index (κ3) is 3.34. The van der Waals surface area contributed by atoms with Crippen molar-refractivity contribution in [1.29, 1.82) is 0 Å². The van der Waals surface area contributed by atoms with Gasteiger partial charge < -0.3 is 5.11 Å². The fourth-order valence-corrected chi connectivity index (χ4v) is 2.01. The number of rotatable bonds is 5. The zero-order valence-corrected chi connectivity index (χ0v) is 12.4. The van der Waals surface area contributed by atoms with Crippen LogP contribution in [-0.4, -0.2) is 30.8 Å². The monoisotopic (exact) mass is 286 g/mol. The summed E-state index contributed by atoms with van der Waals surface area (Å²) >= 11 is 0. The van der Waals surface area contributed by atoms with Crippen molar-refractivity contribution in [1.82, 2.24) is 19.7 Å². The predicted molar refractivity (Wildman–Crippen MR) is 79.3 cm³/mol. The molecule has 0 radical (unpaired) electrons. The average Bonchev–Trinajstić information content (AvgIpc) is 2.88. The first-order valence-corrected chi connectivity index (χ1v) is 6.88. The molecule has 2 aromatic rings. The van der Waals surface area contributed by atoms with E-state index < -0.39 is 5.97 Å². The Morgan fingerprint density at radius 3 is 2.71 bits per heavy atom. The first kappa shape index (κ1) is 14.9. The number of aryl methyl sites for hydroxylation is 3. The highest BCUT2D eigenvalue weighted by Crippen LogP contribution is 2.15. The lowest BCUT2D eigenvalue weighted by Gasteiger charge is -2.07. The summed E-state index contributed by atoms with van der Waals surface area (Å²) in [6.45, 7) is 5.96. The van der Waals surface area contributed by atoms with Crippen molar-refractivity contribution in [3.63, 3.8) is 0 Å². The lowest BCUT2D eigenvalue weighted by molar-refractivity contribution is -0.131. The molecule has 2 heterocycles. The van der Waals surface area contributed by atoms with Crippen LogP contribution in [0.5, 0.6) is 0 Å². The van der Waals surface area contributed by atoms with Crippen molar-refractivity contribution in [3.05, 3.63) is 41.1 Å².